The number of piperidine rings is 1. The van der Waals surface area contributed by atoms with Crippen LogP contribution >= 0.6 is 23.2 Å². The van der Waals surface area contributed by atoms with Gasteiger partial charge < -0.3 is 5.32 Å². The Morgan fingerprint density at radius 2 is 1.89 bits per heavy atom. The average Bonchev–Trinajstić information content (AvgIpc) is 2.70. The fourth-order valence-electron chi connectivity index (χ4n) is 3.34. The van der Waals surface area contributed by atoms with Crippen LogP contribution in [0.2, 0.25) is 10.0 Å². The Bertz CT molecular complexity index is 951. The summed E-state index contributed by atoms with van der Waals surface area (Å²) in [7, 11) is -3.83. The third kappa shape index (κ3) is 4.69. The molecule has 0 radical (unpaired) electrons. The van der Waals surface area contributed by atoms with Crippen molar-refractivity contribution < 1.29 is 13.2 Å². The highest BCUT2D eigenvalue weighted by molar-refractivity contribution is 7.89. The molecule has 2 aromatic rings. The largest absolute Gasteiger partial charge is 0.349 e. The van der Waals surface area contributed by atoms with E-state index in [0.717, 1.165) is 5.56 Å². The van der Waals surface area contributed by atoms with E-state index in [1.807, 2.05) is 37.3 Å². The lowest BCUT2D eigenvalue weighted by atomic mass is 9.98. The molecule has 0 bridgehead atoms. The highest BCUT2D eigenvalue weighted by Gasteiger charge is 2.34. The van der Waals surface area contributed by atoms with Crippen LogP contribution in [0.25, 0.3) is 0 Å². The Balaban J connectivity index is 1.73. The molecule has 0 aliphatic carbocycles. The van der Waals surface area contributed by atoms with Gasteiger partial charge in [-0.1, -0.05) is 53.5 Å². The molecule has 3 rings (SSSR count). The number of hydrogen-bond acceptors (Lipinski definition) is 3. The number of nitrogens with one attached hydrogen (secondary N) is 1. The summed E-state index contributed by atoms with van der Waals surface area (Å²) in [5.41, 5.74) is 1.00. The van der Waals surface area contributed by atoms with Crippen LogP contribution in [0.15, 0.2) is 53.4 Å². The fourth-order valence-corrected chi connectivity index (χ4v) is 5.61. The van der Waals surface area contributed by atoms with Gasteiger partial charge in [-0.15, -0.1) is 0 Å². The van der Waals surface area contributed by atoms with Crippen LogP contribution in [0, 0.1) is 5.92 Å². The van der Waals surface area contributed by atoms with Gasteiger partial charge in [0.05, 0.1) is 17.0 Å². The molecule has 28 heavy (non-hydrogen) atoms. The van der Waals surface area contributed by atoms with Crippen LogP contribution in [0.5, 0.6) is 0 Å². The summed E-state index contributed by atoms with van der Waals surface area (Å²) in [6, 6.07) is 13.9. The second kappa shape index (κ2) is 8.82. The molecule has 0 aromatic heterocycles. The van der Waals surface area contributed by atoms with Crippen LogP contribution in [0.3, 0.4) is 0 Å². The zero-order chi connectivity index (χ0) is 20.3. The van der Waals surface area contributed by atoms with Crippen LogP contribution in [0.1, 0.15) is 31.4 Å². The van der Waals surface area contributed by atoms with Crippen molar-refractivity contribution in [3.05, 3.63) is 64.1 Å². The second-order valence-electron chi connectivity index (χ2n) is 6.92. The molecule has 1 amide bonds. The monoisotopic (exact) mass is 440 g/mol. The quantitative estimate of drug-likeness (QED) is 0.754. The first kappa shape index (κ1) is 21.1. The van der Waals surface area contributed by atoms with E-state index in [1.54, 1.807) is 6.07 Å². The van der Waals surface area contributed by atoms with Gasteiger partial charge in [-0.25, -0.2) is 8.42 Å². The summed E-state index contributed by atoms with van der Waals surface area (Å²) < 4.78 is 27.4. The Labute approximate surface area is 175 Å². The molecule has 1 N–H and O–H groups in total. The minimum atomic E-state index is -3.83. The van der Waals surface area contributed by atoms with Crippen molar-refractivity contribution in [1.29, 1.82) is 0 Å². The Morgan fingerprint density at radius 1 is 1.18 bits per heavy atom. The van der Waals surface area contributed by atoms with Crippen molar-refractivity contribution in [3.63, 3.8) is 0 Å². The number of amides is 1. The third-order valence-electron chi connectivity index (χ3n) is 4.92. The van der Waals surface area contributed by atoms with E-state index in [-0.39, 0.29) is 28.4 Å². The lowest BCUT2D eigenvalue weighted by Gasteiger charge is -2.32. The number of rotatable bonds is 5. The standard InChI is InChI=1S/C20H22Cl2N2O3S/c1-14(15-6-3-2-4-7-15)23-20(25)16-8-5-11-24(13-16)28(26,27)19-12-17(21)9-10-18(19)22/h2-4,6-7,9-10,12,14,16H,5,8,11,13H2,1H3,(H,23,25)/t14-,16-/m0/s1. The Kier molecular flexibility index (Phi) is 6.65. The highest BCUT2D eigenvalue weighted by atomic mass is 35.5. The smallest absolute Gasteiger partial charge is 0.244 e. The molecule has 0 saturated carbocycles. The number of carbonyl (C=O) groups excluding carboxylic acids is 1. The minimum absolute atomic E-state index is 0.0274. The molecule has 5 nitrogen and oxygen atoms in total. The molecule has 1 saturated heterocycles. The number of hydrogen-bond donors (Lipinski definition) is 1. The minimum Gasteiger partial charge on any atom is -0.349 e. The van der Waals surface area contributed by atoms with Gasteiger partial charge in [0.2, 0.25) is 15.9 Å². The number of nitrogens with zero attached hydrogens (tertiary/aromatic N) is 1. The topological polar surface area (TPSA) is 66.5 Å². The first-order valence-corrected chi connectivity index (χ1v) is 11.3. The predicted molar refractivity (Wildman–Crippen MR) is 111 cm³/mol. The summed E-state index contributed by atoms with van der Waals surface area (Å²) in [5, 5.41) is 3.41. The van der Waals surface area contributed by atoms with Gasteiger partial charge in [0.15, 0.2) is 0 Å². The van der Waals surface area contributed by atoms with E-state index < -0.39 is 15.9 Å². The van der Waals surface area contributed by atoms with Crippen molar-refractivity contribution in [3.8, 4) is 0 Å². The van der Waals surface area contributed by atoms with Crippen LogP contribution in [0.4, 0.5) is 0 Å². The molecule has 1 aliphatic heterocycles. The van der Waals surface area contributed by atoms with Crippen molar-refractivity contribution >= 4 is 39.1 Å². The predicted octanol–water partition coefficient (Wildman–Crippen LogP) is 4.27. The first-order chi connectivity index (χ1) is 13.3. The molecule has 2 aromatic carbocycles. The number of carbonyl (C=O) groups is 1. The SMILES string of the molecule is C[C@H](NC(=O)[C@H]1CCCN(S(=O)(=O)c2cc(Cl)ccc2Cl)C1)c1ccccc1. The molecule has 1 aliphatic rings. The Morgan fingerprint density at radius 3 is 2.61 bits per heavy atom. The van der Waals surface area contributed by atoms with Crippen molar-refractivity contribution in [2.45, 2.75) is 30.7 Å². The lowest BCUT2D eigenvalue weighted by molar-refractivity contribution is -0.126. The lowest BCUT2D eigenvalue weighted by Crippen LogP contribution is -2.45. The van der Waals surface area contributed by atoms with Gasteiger partial charge in [-0.3, -0.25) is 4.79 Å². The number of sulfonamides is 1. The van der Waals surface area contributed by atoms with E-state index in [4.69, 9.17) is 23.2 Å². The van der Waals surface area contributed by atoms with Gasteiger partial charge in [-0.05, 0) is 43.5 Å². The summed E-state index contributed by atoms with van der Waals surface area (Å²) in [5.74, 6) is -0.555. The normalized spacial score (nSPS) is 19.2. The molecule has 1 heterocycles. The van der Waals surface area contributed by atoms with E-state index in [2.05, 4.69) is 5.32 Å². The molecule has 0 unspecified atom stereocenters. The van der Waals surface area contributed by atoms with E-state index in [9.17, 15) is 13.2 Å². The van der Waals surface area contributed by atoms with Crippen molar-refractivity contribution in [2.75, 3.05) is 13.1 Å². The number of halogens is 2. The van der Waals surface area contributed by atoms with Gasteiger partial charge >= 0.3 is 0 Å². The maximum absolute atomic E-state index is 13.0. The summed E-state index contributed by atoms with van der Waals surface area (Å²) in [4.78, 5) is 12.7. The molecule has 1 fully saturated rings. The molecule has 2 atom stereocenters. The molecular weight excluding hydrogens is 419 g/mol. The van der Waals surface area contributed by atoms with E-state index >= 15 is 0 Å². The highest BCUT2D eigenvalue weighted by Crippen LogP contribution is 2.30. The van der Waals surface area contributed by atoms with E-state index in [1.165, 1.54) is 16.4 Å². The first-order valence-electron chi connectivity index (χ1n) is 9.09. The number of benzene rings is 2. The van der Waals surface area contributed by atoms with Crippen molar-refractivity contribution in [2.24, 2.45) is 5.92 Å². The maximum Gasteiger partial charge on any atom is 0.244 e. The van der Waals surface area contributed by atoms with Crippen LogP contribution in [-0.4, -0.2) is 31.7 Å². The van der Waals surface area contributed by atoms with E-state index in [0.29, 0.717) is 24.4 Å². The summed E-state index contributed by atoms with van der Waals surface area (Å²) in [6.07, 6.45) is 1.25. The second-order valence-corrected chi connectivity index (χ2v) is 9.67. The zero-order valence-electron chi connectivity index (χ0n) is 15.4. The Hall–Kier alpha value is -1.60. The van der Waals surface area contributed by atoms with Crippen LogP contribution < -0.4 is 5.32 Å². The average molecular weight is 441 g/mol. The van der Waals surface area contributed by atoms with Gasteiger partial charge in [-0.2, -0.15) is 4.31 Å². The van der Waals surface area contributed by atoms with Crippen LogP contribution in [-0.2, 0) is 14.8 Å². The molecule has 8 heteroatoms. The maximum atomic E-state index is 13.0. The fraction of sp³-hybridized carbons (Fsp3) is 0.350. The zero-order valence-corrected chi connectivity index (χ0v) is 17.8. The summed E-state index contributed by atoms with van der Waals surface area (Å²) >= 11 is 12.0. The molecular formula is C20H22Cl2N2O3S. The molecule has 150 valence electrons. The van der Waals surface area contributed by atoms with Gasteiger partial charge in [0.25, 0.3) is 0 Å². The van der Waals surface area contributed by atoms with Crippen molar-refractivity contribution in [1.82, 2.24) is 9.62 Å². The molecule has 0 spiro atoms. The third-order valence-corrected chi connectivity index (χ3v) is 7.51. The van der Waals surface area contributed by atoms with Gasteiger partial charge in [0, 0.05) is 18.1 Å². The summed E-state index contributed by atoms with van der Waals surface area (Å²) in [6.45, 7) is 2.39. The van der Waals surface area contributed by atoms with Gasteiger partial charge in [0.1, 0.15) is 4.90 Å².